The van der Waals surface area contributed by atoms with Crippen LogP contribution in [-0.4, -0.2) is 49.9 Å². The third-order valence-corrected chi connectivity index (χ3v) is 5.50. The summed E-state index contributed by atoms with van der Waals surface area (Å²) in [6, 6.07) is 16.2. The van der Waals surface area contributed by atoms with E-state index in [-0.39, 0.29) is 18.4 Å². The molecule has 152 valence electrons. The molecule has 1 heterocycles. The molecule has 0 saturated heterocycles. The van der Waals surface area contributed by atoms with Gasteiger partial charge in [-0.25, -0.2) is 0 Å². The first-order valence-electron chi connectivity index (χ1n) is 10.1. The van der Waals surface area contributed by atoms with E-state index in [0.29, 0.717) is 13.1 Å². The number of amides is 2. The molecule has 0 aromatic heterocycles. The van der Waals surface area contributed by atoms with E-state index in [1.54, 1.807) is 0 Å². The van der Waals surface area contributed by atoms with E-state index in [2.05, 4.69) is 23.5 Å². The van der Waals surface area contributed by atoms with Gasteiger partial charge in [-0.2, -0.15) is 0 Å². The number of carbonyl (C=O) groups is 2. The minimum atomic E-state index is -0.0751. The summed E-state index contributed by atoms with van der Waals surface area (Å²) < 4.78 is 0. The van der Waals surface area contributed by atoms with Crippen LogP contribution < -0.4 is 10.2 Å². The summed E-state index contributed by atoms with van der Waals surface area (Å²) in [5.41, 5.74) is 5.58. The molecule has 5 nitrogen and oxygen atoms in total. The Hall–Kier alpha value is -2.92. The van der Waals surface area contributed by atoms with Gasteiger partial charge in [0, 0.05) is 18.8 Å². The van der Waals surface area contributed by atoms with Gasteiger partial charge in [0.25, 0.3) is 11.8 Å². The highest BCUT2D eigenvalue weighted by atomic mass is 16.2. The van der Waals surface area contributed by atoms with Gasteiger partial charge in [-0.1, -0.05) is 48.5 Å². The monoisotopic (exact) mass is 392 g/mol. The normalized spacial score (nSPS) is 14.9. The zero-order valence-electron chi connectivity index (χ0n) is 17.5. The fraction of sp³-hybridized carbons (Fsp3) is 0.333. The van der Waals surface area contributed by atoms with E-state index in [0.717, 1.165) is 34.7 Å². The van der Waals surface area contributed by atoms with E-state index >= 15 is 0 Å². The minimum absolute atomic E-state index is 0.0751. The van der Waals surface area contributed by atoms with Crippen molar-refractivity contribution in [1.82, 2.24) is 4.90 Å². The Labute approximate surface area is 173 Å². The summed E-state index contributed by atoms with van der Waals surface area (Å²) in [5.74, 6) is 0.0132. The van der Waals surface area contributed by atoms with Gasteiger partial charge in [0.05, 0.1) is 7.05 Å². The number of anilines is 1. The maximum absolute atomic E-state index is 12.6. The molecule has 0 radical (unpaired) electrons. The number of aryl methyl sites for hydroxylation is 1. The lowest BCUT2D eigenvalue weighted by Crippen LogP contribution is -3.11. The van der Waals surface area contributed by atoms with Gasteiger partial charge in [-0.15, -0.1) is 0 Å². The van der Waals surface area contributed by atoms with Crippen LogP contribution in [0.1, 0.15) is 23.1 Å². The zero-order chi connectivity index (χ0) is 20.8. The second-order valence-corrected chi connectivity index (χ2v) is 7.79. The fourth-order valence-corrected chi connectivity index (χ4v) is 3.60. The Kier molecular flexibility index (Phi) is 6.83. The molecule has 1 aliphatic rings. The molecule has 0 bridgehead atoms. The first kappa shape index (κ1) is 20.8. The molecule has 2 aromatic rings. The van der Waals surface area contributed by atoms with E-state index in [9.17, 15) is 9.59 Å². The van der Waals surface area contributed by atoms with Crippen molar-refractivity contribution in [3.8, 4) is 0 Å². The van der Waals surface area contributed by atoms with Gasteiger partial charge in [0.2, 0.25) is 0 Å². The van der Waals surface area contributed by atoms with E-state index in [4.69, 9.17) is 0 Å². The van der Waals surface area contributed by atoms with Crippen LogP contribution in [0, 0.1) is 13.8 Å². The van der Waals surface area contributed by atoms with Gasteiger partial charge < -0.3 is 15.1 Å². The summed E-state index contributed by atoms with van der Waals surface area (Å²) in [6.07, 6.45) is 3.00. The lowest BCUT2D eigenvalue weighted by molar-refractivity contribution is -0.862. The van der Waals surface area contributed by atoms with Crippen LogP contribution in [0.25, 0.3) is 5.57 Å². The van der Waals surface area contributed by atoms with Crippen LogP contribution in [0.5, 0.6) is 0 Å². The average Bonchev–Trinajstić information content (AvgIpc) is 2.72. The number of nitrogens with one attached hydrogen (secondary N) is 2. The van der Waals surface area contributed by atoms with Crippen molar-refractivity contribution in [2.24, 2.45) is 0 Å². The number of nitrogens with zero attached hydrogens (tertiary/aromatic N) is 1. The van der Waals surface area contributed by atoms with Gasteiger partial charge in [-0.3, -0.25) is 9.59 Å². The number of rotatable bonds is 6. The highest BCUT2D eigenvalue weighted by Crippen LogP contribution is 2.21. The summed E-state index contributed by atoms with van der Waals surface area (Å²) in [5, 5.41) is 2.96. The number of hydrogen-bond acceptors (Lipinski definition) is 2. The SMILES string of the molecule is Cc1cccc(NC(=O)C[NH+](C)CC(=O)N2CC=C(c3ccccc3)CC2)c1C. The predicted octanol–water partition coefficient (Wildman–Crippen LogP) is 2.07. The molecular weight excluding hydrogens is 362 g/mol. The van der Waals surface area contributed by atoms with Crippen LogP contribution in [0.4, 0.5) is 5.69 Å². The Morgan fingerprint density at radius 3 is 2.48 bits per heavy atom. The maximum atomic E-state index is 12.6. The topological polar surface area (TPSA) is 53.9 Å². The van der Waals surface area contributed by atoms with E-state index in [1.807, 2.05) is 62.2 Å². The quantitative estimate of drug-likeness (QED) is 0.791. The third-order valence-electron chi connectivity index (χ3n) is 5.50. The van der Waals surface area contributed by atoms with Gasteiger partial charge >= 0.3 is 0 Å². The van der Waals surface area contributed by atoms with Crippen molar-refractivity contribution in [3.63, 3.8) is 0 Å². The molecule has 0 aliphatic carbocycles. The minimum Gasteiger partial charge on any atom is -0.334 e. The van der Waals surface area contributed by atoms with Crippen molar-refractivity contribution in [2.45, 2.75) is 20.3 Å². The number of carbonyl (C=O) groups excluding carboxylic acids is 2. The molecule has 0 saturated carbocycles. The second kappa shape index (κ2) is 9.52. The van der Waals surface area contributed by atoms with E-state index in [1.165, 1.54) is 11.1 Å². The van der Waals surface area contributed by atoms with Crippen LogP contribution in [0.3, 0.4) is 0 Å². The van der Waals surface area contributed by atoms with Crippen molar-refractivity contribution in [3.05, 3.63) is 71.3 Å². The number of hydrogen-bond donors (Lipinski definition) is 2. The predicted molar refractivity (Wildman–Crippen MR) is 117 cm³/mol. The molecule has 1 unspecified atom stereocenters. The first-order valence-corrected chi connectivity index (χ1v) is 10.1. The van der Waals surface area contributed by atoms with Crippen LogP contribution in [0.15, 0.2) is 54.6 Å². The molecule has 2 amide bonds. The Morgan fingerprint density at radius 1 is 1.03 bits per heavy atom. The molecule has 29 heavy (non-hydrogen) atoms. The lowest BCUT2D eigenvalue weighted by Gasteiger charge is -2.27. The molecule has 2 aromatic carbocycles. The van der Waals surface area contributed by atoms with E-state index < -0.39 is 0 Å². The van der Waals surface area contributed by atoms with Crippen molar-refractivity contribution >= 4 is 23.1 Å². The fourth-order valence-electron chi connectivity index (χ4n) is 3.60. The Bertz CT molecular complexity index is 906. The molecule has 2 N–H and O–H groups in total. The molecular formula is C24H30N3O2+. The summed E-state index contributed by atoms with van der Waals surface area (Å²) in [7, 11) is 1.88. The molecule has 5 heteroatoms. The van der Waals surface area contributed by atoms with Crippen LogP contribution in [0.2, 0.25) is 0 Å². The summed E-state index contributed by atoms with van der Waals surface area (Å²) >= 11 is 0. The molecule has 0 spiro atoms. The molecule has 1 atom stereocenters. The number of quaternary nitrogens is 1. The van der Waals surface area contributed by atoms with Crippen molar-refractivity contribution in [2.75, 3.05) is 38.5 Å². The first-order chi connectivity index (χ1) is 13.9. The maximum Gasteiger partial charge on any atom is 0.279 e. The van der Waals surface area contributed by atoms with Gasteiger partial charge in [0.1, 0.15) is 0 Å². The summed E-state index contributed by atoms with van der Waals surface area (Å²) in [6.45, 7) is 5.95. The highest BCUT2D eigenvalue weighted by molar-refractivity contribution is 5.92. The third kappa shape index (κ3) is 5.55. The standard InChI is InChI=1S/C24H29N3O2/c1-18-8-7-11-22(19(18)2)25-23(28)16-26(3)17-24(29)27-14-12-21(13-15-27)20-9-5-4-6-10-20/h4-12H,13-17H2,1-3H3,(H,25,28)/p+1. The van der Waals surface area contributed by atoms with Crippen LogP contribution in [-0.2, 0) is 9.59 Å². The smallest absolute Gasteiger partial charge is 0.279 e. The summed E-state index contributed by atoms with van der Waals surface area (Å²) in [4.78, 5) is 27.8. The average molecular weight is 393 g/mol. The molecule has 1 aliphatic heterocycles. The lowest BCUT2D eigenvalue weighted by atomic mass is 9.99. The largest absolute Gasteiger partial charge is 0.334 e. The second-order valence-electron chi connectivity index (χ2n) is 7.79. The number of likely N-dealkylation sites (N-methyl/N-ethyl adjacent to an activating group) is 1. The highest BCUT2D eigenvalue weighted by Gasteiger charge is 2.22. The molecule has 0 fully saturated rings. The Morgan fingerprint density at radius 2 is 1.79 bits per heavy atom. The number of benzene rings is 2. The van der Waals surface area contributed by atoms with Gasteiger partial charge in [-0.05, 0) is 48.6 Å². The zero-order valence-corrected chi connectivity index (χ0v) is 17.5. The Balaban J connectivity index is 1.49. The van der Waals surface area contributed by atoms with Crippen LogP contribution >= 0.6 is 0 Å². The van der Waals surface area contributed by atoms with Crippen molar-refractivity contribution < 1.29 is 14.5 Å². The van der Waals surface area contributed by atoms with Crippen molar-refractivity contribution in [1.29, 1.82) is 0 Å². The molecule has 3 rings (SSSR count). The van der Waals surface area contributed by atoms with Gasteiger partial charge in [0.15, 0.2) is 13.1 Å².